The zero-order valence-electron chi connectivity index (χ0n) is 13.3. The van der Waals surface area contributed by atoms with Crippen molar-refractivity contribution >= 4 is 11.0 Å². The first-order valence-electron chi connectivity index (χ1n) is 8.00. The minimum atomic E-state index is 0.161. The molecule has 1 fully saturated rings. The van der Waals surface area contributed by atoms with E-state index in [0.29, 0.717) is 12.5 Å². The molecule has 116 valence electrons. The molecule has 4 heteroatoms. The molecule has 3 rings (SSSR count). The van der Waals surface area contributed by atoms with Crippen molar-refractivity contribution in [3.05, 3.63) is 24.0 Å². The Morgan fingerprint density at radius 2 is 2.18 bits per heavy atom. The van der Waals surface area contributed by atoms with Crippen LogP contribution in [0.4, 0.5) is 0 Å². The average molecular weight is 297 g/mol. The second-order valence-corrected chi connectivity index (χ2v) is 6.10. The summed E-state index contributed by atoms with van der Waals surface area (Å²) in [4.78, 5) is 4.88. The Bertz CT molecular complexity index is 690. The Morgan fingerprint density at radius 3 is 2.86 bits per heavy atom. The Kier molecular flexibility index (Phi) is 4.35. The normalized spacial score (nSPS) is 16.1. The summed E-state index contributed by atoms with van der Waals surface area (Å²) in [5.41, 5.74) is 2.07. The maximum absolute atomic E-state index is 5.78. The zero-order valence-corrected chi connectivity index (χ0v) is 13.3. The van der Waals surface area contributed by atoms with Crippen LogP contribution in [0, 0.1) is 12.3 Å². The van der Waals surface area contributed by atoms with Gasteiger partial charge in [-0.3, -0.25) is 0 Å². The lowest BCUT2D eigenvalue weighted by Crippen LogP contribution is -2.28. The molecule has 1 aromatic carbocycles. The number of fused-ring (bicyclic) bond motifs is 1. The van der Waals surface area contributed by atoms with E-state index in [2.05, 4.69) is 21.9 Å². The van der Waals surface area contributed by atoms with E-state index < -0.39 is 0 Å². The number of rotatable bonds is 4. The summed E-state index contributed by atoms with van der Waals surface area (Å²) >= 11 is 0. The number of benzene rings is 1. The van der Waals surface area contributed by atoms with Crippen LogP contribution in [-0.4, -0.2) is 28.7 Å². The Labute approximate surface area is 131 Å². The van der Waals surface area contributed by atoms with Crippen LogP contribution in [0.5, 0.6) is 5.75 Å². The van der Waals surface area contributed by atoms with E-state index in [1.165, 1.54) is 0 Å². The molecule has 2 aromatic rings. The third kappa shape index (κ3) is 2.95. The number of aromatic nitrogens is 2. The highest BCUT2D eigenvalue weighted by Gasteiger charge is 2.22. The molecule has 0 radical (unpaired) electrons. The predicted molar refractivity (Wildman–Crippen MR) is 89.2 cm³/mol. The fraction of sp³-hybridized carbons (Fsp3) is 0.500. The number of terminal acetylenes is 1. The molecule has 0 atom stereocenters. The van der Waals surface area contributed by atoms with Crippen molar-refractivity contribution in [3.8, 4) is 18.1 Å². The van der Waals surface area contributed by atoms with Crippen LogP contribution in [0.25, 0.3) is 11.0 Å². The maximum atomic E-state index is 5.78. The Hall–Kier alpha value is -1.99. The molecule has 4 nitrogen and oxygen atoms in total. The van der Waals surface area contributed by atoms with E-state index >= 15 is 0 Å². The lowest BCUT2D eigenvalue weighted by atomic mass is 9.97. The van der Waals surface area contributed by atoms with Gasteiger partial charge in [-0.2, -0.15) is 0 Å². The predicted octanol–water partition coefficient (Wildman–Crippen LogP) is 2.92. The summed E-state index contributed by atoms with van der Waals surface area (Å²) in [5.74, 6) is 5.23. The SMILES string of the molecule is C#CCn1c(C2CCNCC2)nc2cc(OC(C)C)ccc21. The van der Waals surface area contributed by atoms with Crippen LogP contribution in [0.2, 0.25) is 0 Å². The van der Waals surface area contributed by atoms with Crippen molar-refractivity contribution in [1.29, 1.82) is 0 Å². The molecular formula is C18H23N3O. The largest absolute Gasteiger partial charge is 0.491 e. The van der Waals surface area contributed by atoms with E-state index in [0.717, 1.165) is 48.5 Å². The standard InChI is InChI=1S/C18H23N3O/c1-4-11-21-17-6-5-15(22-13(2)3)12-16(17)20-18(21)14-7-9-19-10-8-14/h1,5-6,12-14,19H,7-11H2,2-3H3. The van der Waals surface area contributed by atoms with E-state index in [4.69, 9.17) is 16.1 Å². The number of imidazole rings is 1. The molecular weight excluding hydrogens is 274 g/mol. The van der Waals surface area contributed by atoms with Gasteiger partial charge in [-0.05, 0) is 51.9 Å². The molecule has 0 unspecified atom stereocenters. The van der Waals surface area contributed by atoms with Gasteiger partial charge in [-0.25, -0.2) is 4.98 Å². The highest BCUT2D eigenvalue weighted by Crippen LogP contribution is 2.30. The zero-order chi connectivity index (χ0) is 15.5. The van der Waals surface area contributed by atoms with Gasteiger partial charge in [0.15, 0.2) is 0 Å². The highest BCUT2D eigenvalue weighted by molar-refractivity contribution is 5.78. The lowest BCUT2D eigenvalue weighted by molar-refractivity contribution is 0.242. The van der Waals surface area contributed by atoms with Crippen molar-refractivity contribution in [2.24, 2.45) is 0 Å². The van der Waals surface area contributed by atoms with Crippen molar-refractivity contribution < 1.29 is 4.74 Å². The van der Waals surface area contributed by atoms with Gasteiger partial charge in [0.05, 0.1) is 23.7 Å². The summed E-state index contributed by atoms with van der Waals surface area (Å²) in [5, 5.41) is 3.40. The number of piperidine rings is 1. The molecule has 0 spiro atoms. The van der Waals surface area contributed by atoms with Crippen LogP contribution in [0.1, 0.15) is 38.4 Å². The summed E-state index contributed by atoms with van der Waals surface area (Å²) in [6.45, 7) is 6.72. The summed E-state index contributed by atoms with van der Waals surface area (Å²) < 4.78 is 7.96. The molecule has 0 aliphatic carbocycles. The molecule has 0 amide bonds. The van der Waals surface area contributed by atoms with Gasteiger partial charge in [-0.1, -0.05) is 5.92 Å². The minimum Gasteiger partial charge on any atom is -0.491 e. The van der Waals surface area contributed by atoms with Gasteiger partial charge in [0.1, 0.15) is 11.6 Å². The molecule has 1 N–H and O–H groups in total. The van der Waals surface area contributed by atoms with E-state index in [1.807, 2.05) is 26.0 Å². The fourth-order valence-electron chi connectivity index (χ4n) is 3.12. The first kappa shape index (κ1) is 14.9. The third-order valence-corrected chi connectivity index (χ3v) is 4.07. The quantitative estimate of drug-likeness (QED) is 0.882. The average Bonchev–Trinajstić information content (AvgIpc) is 2.86. The molecule has 22 heavy (non-hydrogen) atoms. The minimum absolute atomic E-state index is 0.161. The number of hydrogen-bond acceptors (Lipinski definition) is 3. The molecule has 1 saturated heterocycles. The number of nitrogens with one attached hydrogen (secondary N) is 1. The Morgan fingerprint density at radius 1 is 1.41 bits per heavy atom. The smallest absolute Gasteiger partial charge is 0.121 e. The summed E-state index contributed by atoms with van der Waals surface area (Å²) in [6, 6.07) is 6.10. The van der Waals surface area contributed by atoms with Gasteiger partial charge < -0.3 is 14.6 Å². The molecule has 0 bridgehead atoms. The van der Waals surface area contributed by atoms with E-state index in [9.17, 15) is 0 Å². The molecule has 1 aromatic heterocycles. The molecule has 1 aliphatic heterocycles. The van der Waals surface area contributed by atoms with E-state index in [1.54, 1.807) is 0 Å². The first-order valence-corrected chi connectivity index (χ1v) is 8.00. The topological polar surface area (TPSA) is 39.1 Å². The molecule has 1 aliphatic rings. The molecule has 0 saturated carbocycles. The number of hydrogen-bond donors (Lipinski definition) is 1. The fourth-order valence-corrected chi connectivity index (χ4v) is 3.12. The van der Waals surface area contributed by atoms with Crippen LogP contribution in [-0.2, 0) is 6.54 Å². The second kappa shape index (κ2) is 6.41. The molecule has 2 heterocycles. The monoisotopic (exact) mass is 297 g/mol. The van der Waals surface area contributed by atoms with Crippen molar-refractivity contribution in [2.45, 2.75) is 45.3 Å². The lowest BCUT2D eigenvalue weighted by Gasteiger charge is -2.22. The van der Waals surface area contributed by atoms with Crippen LogP contribution >= 0.6 is 0 Å². The van der Waals surface area contributed by atoms with Gasteiger partial charge >= 0.3 is 0 Å². The van der Waals surface area contributed by atoms with Gasteiger partial charge in [0, 0.05) is 12.0 Å². The van der Waals surface area contributed by atoms with Crippen LogP contribution < -0.4 is 10.1 Å². The van der Waals surface area contributed by atoms with Crippen LogP contribution in [0.3, 0.4) is 0 Å². The van der Waals surface area contributed by atoms with Crippen LogP contribution in [0.15, 0.2) is 18.2 Å². The van der Waals surface area contributed by atoms with Gasteiger partial charge in [-0.15, -0.1) is 6.42 Å². The summed E-state index contributed by atoms with van der Waals surface area (Å²) in [7, 11) is 0. The number of nitrogens with zero attached hydrogens (tertiary/aromatic N) is 2. The maximum Gasteiger partial charge on any atom is 0.121 e. The summed E-state index contributed by atoms with van der Waals surface area (Å²) in [6.07, 6.45) is 7.96. The third-order valence-electron chi connectivity index (χ3n) is 4.07. The van der Waals surface area contributed by atoms with Crippen molar-refractivity contribution in [2.75, 3.05) is 13.1 Å². The van der Waals surface area contributed by atoms with Crippen molar-refractivity contribution in [1.82, 2.24) is 14.9 Å². The van der Waals surface area contributed by atoms with Gasteiger partial charge in [0.25, 0.3) is 0 Å². The van der Waals surface area contributed by atoms with E-state index in [-0.39, 0.29) is 6.10 Å². The Balaban J connectivity index is 2.02. The highest BCUT2D eigenvalue weighted by atomic mass is 16.5. The first-order chi connectivity index (χ1) is 10.7. The number of ether oxygens (including phenoxy) is 1. The van der Waals surface area contributed by atoms with Crippen molar-refractivity contribution in [3.63, 3.8) is 0 Å². The van der Waals surface area contributed by atoms with Gasteiger partial charge in [0.2, 0.25) is 0 Å². The second-order valence-electron chi connectivity index (χ2n) is 6.10.